The van der Waals surface area contributed by atoms with Crippen LogP contribution in [-0.2, 0) is 4.74 Å². The summed E-state index contributed by atoms with van der Waals surface area (Å²) in [5, 5.41) is 0. The molecule has 1 fully saturated rings. The molecule has 0 aromatic rings. The molecule has 0 radical (unpaired) electrons. The Bertz CT molecular complexity index is 137. The summed E-state index contributed by atoms with van der Waals surface area (Å²) in [7, 11) is 0. The zero-order valence-corrected chi connectivity index (χ0v) is 7.76. The fourth-order valence-electron chi connectivity index (χ4n) is 1.41. The van der Waals surface area contributed by atoms with Crippen LogP contribution in [-0.4, -0.2) is 12.7 Å². The lowest BCUT2D eigenvalue weighted by Crippen LogP contribution is -2.22. The Kier molecular flexibility index (Phi) is 3.13. The minimum absolute atomic E-state index is 0.399. The first-order valence-electron chi connectivity index (χ1n) is 4.45. The van der Waals surface area contributed by atoms with E-state index in [1.165, 1.54) is 18.4 Å². The molecule has 0 N–H and O–H groups in total. The van der Waals surface area contributed by atoms with Crippen LogP contribution in [0.1, 0.15) is 33.6 Å². The smallest absolute Gasteiger partial charge is 0.0758 e. The van der Waals surface area contributed by atoms with E-state index in [4.69, 9.17) is 4.74 Å². The van der Waals surface area contributed by atoms with Crippen molar-refractivity contribution >= 4 is 0 Å². The molecule has 0 aliphatic carbocycles. The van der Waals surface area contributed by atoms with Gasteiger partial charge in [-0.1, -0.05) is 18.6 Å². The predicted molar refractivity (Wildman–Crippen MR) is 47.6 cm³/mol. The van der Waals surface area contributed by atoms with E-state index < -0.39 is 0 Å². The van der Waals surface area contributed by atoms with Gasteiger partial charge in [0.15, 0.2) is 0 Å². The summed E-state index contributed by atoms with van der Waals surface area (Å²) in [5.74, 6) is 0.761. The zero-order valence-electron chi connectivity index (χ0n) is 7.76. The molecule has 0 aromatic heterocycles. The van der Waals surface area contributed by atoms with Gasteiger partial charge in [-0.05, 0) is 32.6 Å². The molecule has 1 heterocycles. The average Bonchev–Trinajstić information content (AvgIpc) is 1.93. The van der Waals surface area contributed by atoms with Gasteiger partial charge in [-0.2, -0.15) is 0 Å². The van der Waals surface area contributed by atoms with Gasteiger partial charge in [-0.15, -0.1) is 0 Å². The maximum atomic E-state index is 5.62. The highest BCUT2D eigenvalue weighted by Crippen LogP contribution is 2.19. The summed E-state index contributed by atoms with van der Waals surface area (Å²) in [6, 6.07) is 0. The molecule has 0 saturated carbocycles. The van der Waals surface area contributed by atoms with E-state index >= 15 is 0 Å². The molecule has 64 valence electrons. The van der Waals surface area contributed by atoms with E-state index in [0.29, 0.717) is 6.10 Å². The monoisotopic (exact) mass is 154 g/mol. The van der Waals surface area contributed by atoms with Crippen molar-refractivity contribution in [2.45, 2.75) is 39.7 Å². The van der Waals surface area contributed by atoms with E-state index in [1.54, 1.807) is 0 Å². The Morgan fingerprint density at radius 1 is 1.36 bits per heavy atom. The molecule has 0 amide bonds. The van der Waals surface area contributed by atoms with E-state index in [0.717, 1.165) is 12.5 Å². The second-order valence-electron chi connectivity index (χ2n) is 3.80. The van der Waals surface area contributed by atoms with Crippen LogP contribution in [0.5, 0.6) is 0 Å². The topological polar surface area (TPSA) is 9.23 Å². The first-order valence-corrected chi connectivity index (χ1v) is 4.45. The highest BCUT2D eigenvalue weighted by molar-refractivity contribution is 4.99. The summed E-state index contributed by atoms with van der Waals surface area (Å²) in [6.45, 7) is 7.44. The van der Waals surface area contributed by atoms with Crippen LogP contribution in [0.4, 0.5) is 0 Å². The fourth-order valence-corrected chi connectivity index (χ4v) is 1.41. The number of rotatable bonds is 1. The minimum atomic E-state index is 0.399. The van der Waals surface area contributed by atoms with Crippen molar-refractivity contribution < 1.29 is 4.74 Å². The predicted octanol–water partition coefficient (Wildman–Crippen LogP) is 2.77. The van der Waals surface area contributed by atoms with Gasteiger partial charge in [0.2, 0.25) is 0 Å². The van der Waals surface area contributed by atoms with Gasteiger partial charge >= 0.3 is 0 Å². The maximum Gasteiger partial charge on any atom is 0.0758 e. The molecule has 0 spiro atoms. The summed E-state index contributed by atoms with van der Waals surface area (Å²) in [4.78, 5) is 0. The maximum absolute atomic E-state index is 5.62. The van der Waals surface area contributed by atoms with Crippen molar-refractivity contribution in [1.82, 2.24) is 0 Å². The van der Waals surface area contributed by atoms with Crippen molar-refractivity contribution in [3.63, 3.8) is 0 Å². The third-order valence-corrected chi connectivity index (χ3v) is 2.06. The van der Waals surface area contributed by atoms with Gasteiger partial charge < -0.3 is 4.74 Å². The molecule has 2 atom stereocenters. The van der Waals surface area contributed by atoms with Gasteiger partial charge in [0, 0.05) is 6.61 Å². The van der Waals surface area contributed by atoms with Crippen LogP contribution in [0.25, 0.3) is 0 Å². The number of allylic oxidation sites excluding steroid dienone is 1. The molecule has 1 saturated heterocycles. The van der Waals surface area contributed by atoms with Crippen molar-refractivity contribution in [3.8, 4) is 0 Å². The van der Waals surface area contributed by atoms with Gasteiger partial charge in [-0.25, -0.2) is 0 Å². The molecule has 0 bridgehead atoms. The molecule has 0 aromatic carbocycles. The van der Waals surface area contributed by atoms with E-state index in [2.05, 4.69) is 26.8 Å². The first kappa shape index (κ1) is 8.79. The molecule has 11 heavy (non-hydrogen) atoms. The van der Waals surface area contributed by atoms with Gasteiger partial charge in [0.05, 0.1) is 6.10 Å². The molecular weight excluding hydrogens is 136 g/mol. The summed E-state index contributed by atoms with van der Waals surface area (Å²) in [6.07, 6.45) is 5.14. The Labute approximate surface area is 69.4 Å². The largest absolute Gasteiger partial charge is 0.374 e. The first-order chi connectivity index (χ1) is 5.18. The molecule has 1 aliphatic rings. The fraction of sp³-hybridized carbons (Fsp3) is 0.800. The van der Waals surface area contributed by atoms with E-state index in [9.17, 15) is 0 Å². The Hall–Kier alpha value is -0.300. The van der Waals surface area contributed by atoms with Crippen molar-refractivity contribution in [2.24, 2.45) is 5.92 Å². The highest BCUT2D eigenvalue weighted by Gasteiger charge is 2.15. The SMILES string of the molecule is CC(C)=C[C@@H]1CCC(C)CO1. The third-order valence-electron chi connectivity index (χ3n) is 2.06. The summed E-state index contributed by atoms with van der Waals surface area (Å²) < 4.78 is 5.62. The second kappa shape index (κ2) is 3.91. The lowest BCUT2D eigenvalue weighted by Gasteiger charge is -2.24. The second-order valence-corrected chi connectivity index (χ2v) is 3.80. The average molecular weight is 154 g/mol. The van der Waals surface area contributed by atoms with E-state index in [1.807, 2.05) is 0 Å². The Morgan fingerprint density at radius 3 is 2.55 bits per heavy atom. The summed E-state index contributed by atoms with van der Waals surface area (Å²) in [5.41, 5.74) is 1.37. The Morgan fingerprint density at radius 2 is 2.09 bits per heavy atom. The van der Waals surface area contributed by atoms with Gasteiger partial charge in [-0.3, -0.25) is 0 Å². The van der Waals surface area contributed by atoms with E-state index in [-0.39, 0.29) is 0 Å². The minimum Gasteiger partial charge on any atom is -0.374 e. The lowest BCUT2D eigenvalue weighted by atomic mass is 9.99. The summed E-state index contributed by atoms with van der Waals surface area (Å²) >= 11 is 0. The Balaban J connectivity index is 2.34. The standard InChI is InChI=1S/C10H18O/c1-8(2)6-10-5-4-9(3)7-11-10/h6,9-10H,4-5,7H2,1-3H3/t9?,10-/m0/s1. The molecule has 1 heteroatoms. The third kappa shape index (κ3) is 3.06. The van der Waals surface area contributed by atoms with Gasteiger partial charge in [0.25, 0.3) is 0 Å². The number of ether oxygens (including phenoxy) is 1. The molecular formula is C10H18O. The molecule has 1 unspecified atom stereocenters. The van der Waals surface area contributed by atoms with Crippen LogP contribution >= 0.6 is 0 Å². The van der Waals surface area contributed by atoms with Crippen LogP contribution in [0.2, 0.25) is 0 Å². The van der Waals surface area contributed by atoms with Crippen LogP contribution in [0, 0.1) is 5.92 Å². The molecule has 1 aliphatic heterocycles. The number of hydrogen-bond donors (Lipinski definition) is 0. The highest BCUT2D eigenvalue weighted by atomic mass is 16.5. The van der Waals surface area contributed by atoms with Crippen LogP contribution < -0.4 is 0 Å². The van der Waals surface area contributed by atoms with Crippen molar-refractivity contribution in [3.05, 3.63) is 11.6 Å². The van der Waals surface area contributed by atoms with Crippen molar-refractivity contribution in [2.75, 3.05) is 6.61 Å². The van der Waals surface area contributed by atoms with Gasteiger partial charge in [0.1, 0.15) is 0 Å². The van der Waals surface area contributed by atoms with Crippen molar-refractivity contribution in [1.29, 1.82) is 0 Å². The zero-order chi connectivity index (χ0) is 8.27. The quantitative estimate of drug-likeness (QED) is 0.528. The molecule has 1 rings (SSSR count). The number of hydrogen-bond acceptors (Lipinski definition) is 1. The lowest BCUT2D eigenvalue weighted by molar-refractivity contribution is 0.0161. The normalized spacial score (nSPS) is 31.5. The van der Waals surface area contributed by atoms with Crippen LogP contribution in [0.15, 0.2) is 11.6 Å². The molecule has 1 nitrogen and oxygen atoms in total. The van der Waals surface area contributed by atoms with Crippen LogP contribution in [0.3, 0.4) is 0 Å².